The number of halogens is 3. The van der Waals surface area contributed by atoms with Gasteiger partial charge >= 0.3 is 0 Å². The monoisotopic (exact) mass is 636 g/mol. The summed E-state index contributed by atoms with van der Waals surface area (Å²) in [5.74, 6) is -4.54. The summed E-state index contributed by atoms with van der Waals surface area (Å²) in [4.78, 5) is 52.3. The van der Waals surface area contributed by atoms with E-state index in [1.165, 1.54) is 32.9 Å². The maximum absolute atomic E-state index is 15.1. The molecule has 2 fully saturated rings. The second-order valence-electron chi connectivity index (χ2n) is 12.8. The number of alkyl halides is 2. The number of pyridine rings is 1. The number of aromatic nitrogens is 1. The van der Waals surface area contributed by atoms with Gasteiger partial charge in [0.05, 0.1) is 0 Å². The lowest BCUT2D eigenvalue weighted by atomic mass is 9.78. The average molecular weight is 637 g/mol. The smallest absolute Gasteiger partial charge is 0.254 e. The van der Waals surface area contributed by atoms with Crippen LogP contribution in [-0.2, 0) is 20.8 Å². The van der Waals surface area contributed by atoms with Crippen LogP contribution in [0.4, 0.5) is 24.7 Å². The van der Waals surface area contributed by atoms with Gasteiger partial charge in [0, 0.05) is 48.3 Å². The summed E-state index contributed by atoms with van der Waals surface area (Å²) in [5.41, 5.74) is 3.28. The highest BCUT2D eigenvalue weighted by Gasteiger charge is 2.54. The molecule has 1 saturated carbocycles. The Kier molecular flexibility index (Phi) is 6.93. The summed E-state index contributed by atoms with van der Waals surface area (Å²) in [6.45, 7) is 0. The SMILES string of the molecule is O=C1C(N(C(=O)C2CCC(=O)N2c2nccc3ccccc23)c2cccc(F)c2)c2ccccc2CC2=C(CC2)N1C1CC(F)(F)C1. The minimum atomic E-state index is -2.88. The molecule has 0 spiro atoms. The first-order chi connectivity index (χ1) is 22.7. The molecule has 2 unspecified atom stereocenters. The maximum Gasteiger partial charge on any atom is 0.254 e. The van der Waals surface area contributed by atoms with Crippen LogP contribution in [0.5, 0.6) is 0 Å². The Balaban J connectivity index is 1.29. The number of rotatable bonds is 5. The Bertz CT molecular complexity index is 1980. The minimum Gasteiger partial charge on any atom is -0.311 e. The molecule has 3 heterocycles. The van der Waals surface area contributed by atoms with E-state index in [0.29, 0.717) is 29.6 Å². The maximum atomic E-state index is 15.1. The van der Waals surface area contributed by atoms with Gasteiger partial charge in [-0.3, -0.25) is 24.2 Å². The van der Waals surface area contributed by atoms with Crippen molar-refractivity contribution in [1.29, 1.82) is 0 Å². The first kappa shape index (κ1) is 29.4. The predicted octanol–water partition coefficient (Wildman–Crippen LogP) is 6.87. The third kappa shape index (κ3) is 4.89. The molecule has 0 bridgehead atoms. The predicted molar refractivity (Wildman–Crippen MR) is 170 cm³/mol. The molecule has 2 aliphatic heterocycles. The normalized spacial score (nSPS) is 22.3. The van der Waals surface area contributed by atoms with Crippen LogP contribution in [0.25, 0.3) is 10.8 Å². The van der Waals surface area contributed by atoms with Crippen molar-refractivity contribution in [3.8, 4) is 0 Å². The van der Waals surface area contributed by atoms with Crippen LogP contribution in [0.15, 0.2) is 96.3 Å². The molecule has 2 aliphatic carbocycles. The molecule has 2 atom stereocenters. The third-order valence-electron chi connectivity index (χ3n) is 9.98. The topological polar surface area (TPSA) is 73.8 Å². The largest absolute Gasteiger partial charge is 0.311 e. The number of carbonyl (C=O) groups is 3. The Hall–Kier alpha value is -4.99. The van der Waals surface area contributed by atoms with Crippen LogP contribution in [0.3, 0.4) is 0 Å². The Morgan fingerprint density at radius 2 is 1.68 bits per heavy atom. The van der Waals surface area contributed by atoms with Crippen molar-refractivity contribution < 1.29 is 27.6 Å². The molecule has 238 valence electrons. The lowest BCUT2D eigenvalue weighted by Gasteiger charge is -2.49. The van der Waals surface area contributed by atoms with E-state index in [1.54, 1.807) is 24.4 Å². The van der Waals surface area contributed by atoms with Gasteiger partial charge in [-0.2, -0.15) is 0 Å². The summed E-state index contributed by atoms with van der Waals surface area (Å²) in [7, 11) is 0. The molecule has 8 rings (SSSR count). The van der Waals surface area contributed by atoms with Crippen molar-refractivity contribution in [2.24, 2.45) is 0 Å². The molecule has 1 saturated heterocycles. The van der Waals surface area contributed by atoms with E-state index in [2.05, 4.69) is 4.98 Å². The molecular formula is C37H31F3N4O3. The van der Waals surface area contributed by atoms with Gasteiger partial charge in [-0.25, -0.2) is 18.2 Å². The molecule has 7 nitrogen and oxygen atoms in total. The van der Waals surface area contributed by atoms with Gasteiger partial charge in [0.2, 0.25) is 5.91 Å². The lowest BCUT2D eigenvalue weighted by Crippen LogP contribution is -2.58. The zero-order valence-corrected chi connectivity index (χ0v) is 25.4. The van der Waals surface area contributed by atoms with Crippen LogP contribution in [0, 0.1) is 5.82 Å². The zero-order chi connectivity index (χ0) is 32.4. The van der Waals surface area contributed by atoms with E-state index in [1.807, 2.05) is 42.5 Å². The number of benzene rings is 3. The summed E-state index contributed by atoms with van der Waals surface area (Å²) in [6.07, 6.45) is 2.73. The molecule has 10 heteroatoms. The molecule has 47 heavy (non-hydrogen) atoms. The standard InChI is InChI=1S/C37H31F3N4O3/c38-25-8-5-9-26(19-25)43(35(46)31-14-15-32(45)44(31)34-29-11-4-1-6-22(29)16-17-41-34)33-28-10-3-2-7-23(28)18-24-12-13-30(24)42(36(33)47)27-20-37(39,40)21-27/h1-11,16-17,19,27,31,33H,12-15,18,20-21H2. The highest BCUT2D eigenvalue weighted by molar-refractivity contribution is 6.13. The van der Waals surface area contributed by atoms with Crippen LogP contribution in [-0.4, -0.2) is 45.6 Å². The van der Waals surface area contributed by atoms with Gasteiger partial charge < -0.3 is 4.90 Å². The van der Waals surface area contributed by atoms with Crippen molar-refractivity contribution in [2.45, 2.75) is 69.0 Å². The van der Waals surface area contributed by atoms with Crippen molar-refractivity contribution >= 4 is 40.0 Å². The van der Waals surface area contributed by atoms with E-state index in [4.69, 9.17) is 0 Å². The number of carbonyl (C=O) groups excluding carboxylic acids is 3. The number of amides is 3. The van der Waals surface area contributed by atoms with Gasteiger partial charge in [0.25, 0.3) is 17.7 Å². The number of fused-ring (bicyclic) bond motifs is 2. The van der Waals surface area contributed by atoms with Gasteiger partial charge in [0.1, 0.15) is 23.7 Å². The highest BCUT2D eigenvalue weighted by Crippen LogP contribution is 2.49. The average Bonchev–Trinajstić information content (AvgIpc) is 3.43. The minimum absolute atomic E-state index is 0.0764. The Morgan fingerprint density at radius 1 is 0.894 bits per heavy atom. The molecule has 0 N–H and O–H groups in total. The Labute approximate surface area is 269 Å². The summed E-state index contributed by atoms with van der Waals surface area (Å²) in [5, 5.41) is 1.53. The number of hydrogen-bond donors (Lipinski definition) is 0. The molecule has 4 aliphatic rings. The van der Waals surface area contributed by atoms with Gasteiger partial charge in [-0.05, 0) is 72.0 Å². The fourth-order valence-electron chi connectivity index (χ4n) is 7.62. The van der Waals surface area contributed by atoms with Crippen LogP contribution >= 0.6 is 0 Å². The molecular weight excluding hydrogens is 605 g/mol. The van der Waals surface area contributed by atoms with E-state index >= 15 is 4.79 Å². The molecule has 0 radical (unpaired) electrons. The van der Waals surface area contributed by atoms with E-state index in [-0.39, 0.29) is 24.4 Å². The quantitative estimate of drug-likeness (QED) is 0.240. The van der Waals surface area contributed by atoms with Gasteiger partial charge in [-0.1, -0.05) is 54.6 Å². The molecule has 1 aromatic heterocycles. The van der Waals surface area contributed by atoms with Crippen LogP contribution in [0.2, 0.25) is 0 Å². The Morgan fingerprint density at radius 3 is 2.45 bits per heavy atom. The fourth-order valence-corrected chi connectivity index (χ4v) is 7.62. The summed E-state index contributed by atoms with van der Waals surface area (Å²) in [6, 6.07) is 19.0. The summed E-state index contributed by atoms with van der Waals surface area (Å²) < 4.78 is 43.5. The summed E-state index contributed by atoms with van der Waals surface area (Å²) >= 11 is 0. The van der Waals surface area contributed by atoms with Crippen molar-refractivity contribution in [3.63, 3.8) is 0 Å². The van der Waals surface area contributed by atoms with Crippen molar-refractivity contribution in [3.05, 3.63) is 113 Å². The number of allylic oxidation sites excluding steroid dienone is 2. The molecule has 3 aromatic carbocycles. The van der Waals surface area contributed by atoms with Crippen LogP contribution in [0.1, 0.15) is 55.7 Å². The first-order valence-electron chi connectivity index (χ1n) is 15.9. The molecule has 4 aromatic rings. The van der Waals surface area contributed by atoms with E-state index in [0.717, 1.165) is 28.6 Å². The number of hydrogen-bond acceptors (Lipinski definition) is 4. The van der Waals surface area contributed by atoms with Gasteiger partial charge in [0.15, 0.2) is 0 Å². The van der Waals surface area contributed by atoms with Crippen molar-refractivity contribution in [1.82, 2.24) is 9.88 Å². The lowest BCUT2D eigenvalue weighted by molar-refractivity contribution is -0.152. The van der Waals surface area contributed by atoms with Gasteiger partial charge in [-0.15, -0.1) is 0 Å². The molecule has 3 amide bonds. The first-order valence-corrected chi connectivity index (χ1v) is 15.9. The van der Waals surface area contributed by atoms with E-state index < -0.39 is 54.5 Å². The van der Waals surface area contributed by atoms with E-state index in [9.17, 15) is 22.8 Å². The zero-order valence-electron chi connectivity index (χ0n) is 25.4. The van der Waals surface area contributed by atoms with Crippen molar-refractivity contribution in [2.75, 3.05) is 9.80 Å². The fraction of sp³-hybridized carbons (Fsp3) is 0.297. The second-order valence-corrected chi connectivity index (χ2v) is 12.8. The second kappa shape index (κ2) is 11.1. The third-order valence-corrected chi connectivity index (χ3v) is 9.98. The number of nitrogens with zero attached hydrogens (tertiary/aromatic N) is 4. The number of anilines is 2. The highest BCUT2D eigenvalue weighted by atomic mass is 19.3. The van der Waals surface area contributed by atoms with Crippen LogP contribution < -0.4 is 9.80 Å².